The third-order valence-corrected chi connectivity index (χ3v) is 4.01. The summed E-state index contributed by atoms with van der Waals surface area (Å²) in [5.74, 6) is 2.10. The third-order valence-electron chi connectivity index (χ3n) is 3.11. The fourth-order valence-corrected chi connectivity index (χ4v) is 2.75. The number of carbonyl (C=O) groups is 1. The molecule has 2 aromatic heterocycles. The highest BCUT2D eigenvalue weighted by molar-refractivity contribution is 7.14. The fraction of sp³-hybridized carbons (Fsp3) is 0.500. The maximum Gasteiger partial charge on any atom is 0.270 e. The molecular formula is C14H17N3O2S. The molecular weight excluding hydrogens is 274 g/mol. The molecule has 106 valence electrons. The Labute approximate surface area is 121 Å². The summed E-state index contributed by atoms with van der Waals surface area (Å²) < 4.78 is 5.31. The van der Waals surface area contributed by atoms with Crippen LogP contribution in [0, 0.1) is 5.92 Å². The Hall–Kier alpha value is -1.69. The van der Waals surface area contributed by atoms with Crippen molar-refractivity contribution in [2.24, 2.45) is 5.92 Å². The molecule has 0 aliphatic heterocycles. The minimum atomic E-state index is 0.0154. The monoisotopic (exact) mass is 291 g/mol. The quantitative estimate of drug-likeness (QED) is 0.912. The number of hydrogen-bond donors (Lipinski definition) is 1. The summed E-state index contributed by atoms with van der Waals surface area (Å²) in [4.78, 5) is 17.1. The molecule has 0 unspecified atom stereocenters. The summed E-state index contributed by atoms with van der Waals surface area (Å²) in [5.41, 5.74) is 0.756. The molecule has 0 aromatic carbocycles. The zero-order valence-corrected chi connectivity index (χ0v) is 12.4. The highest BCUT2D eigenvalue weighted by atomic mass is 32.1. The number of rotatable bonds is 5. The number of thiophene rings is 1. The number of nitrogens with one attached hydrogen (secondary N) is 1. The van der Waals surface area contributed by atoms with E-state index >= 15 is 0 Å². The number of hydrogen-bond acceptors (Lipinski definition) is 5. The minimum absolute atomic E-state index is 0.0154. The lowest BCUT2D eigenvalue weighted by molar-refractivity contribution is -0.116. The van der Waals surface area contributed by atoms with Gasteiger partial charge in [0, 0.05) is 12.3 Å². The van der Waals surface area contributed by atoms with Crippen molar-refractivity contribution in [1.82, 2.24) is 10.1 Å². The van der Waals surface area contributed by atoms with Crippen LogP contribution in [0.4, 0.5) is 5.69 Å². The van der Waals surface area contributed by atoms with Crippen molar-refractivity contribution in [3.63, 3.8) is 0 Å². The Morgan fingerprint density at radius 2 is 2.35 bits per heavy atom. The van der Waals surface area contributed by atoms with Crippen LogP contribution in [0.3, 0.4) is 0 Å². The number of carbonyl (C=O) groups excluding carboxylic acids is 1. The molecule has 1 aliphatic carbocycles. The average Bonchev–Trinajstić information content (AvgIpc) is 2.94. The summed E-state index contributed by atoms with van der Waals surface area (Å²) in [7, 11) is 0. The molecule has 1 saturated carbocycles. The van der Waals surface area contributed by atoms with Crippen LogP contribution in [0.25, 0.3) is 10.8 Å². The minimum Gasteiger partial charge on any atom is -0.333 e. The van der Waals surface area contributed by atoms with Gasteiger partial charge in [-0.15, -0.1) is 11.3 Å². The van der Waals surface area contributed by atoms with Crippen LogP contribution in [0.2, 0.25) is 0 Å². The molecule has 3 rings (SSSR count). The van der Waals surface area contributed by atoms with Crippen LogP contribution >= 0.6 is 11.3 Å². The highest BCUT2D eigenvalue weighted by Crippen LogP contribution is 2.40. The summed E-state index contributed by atoms with van der Waals surface area (Å²) >= 11 is 1.50. The predicted molar refractivity (Wildman–Crippen MR) is 77.7 cm³/mol. The van der Waals surface area contributed by atoms with Gasteiger partial charge in [-0.25, -0.2) is 0 Å². The summed E-state index contributed by atoms with van der Waals surface area (Å²) in [6.45, 7) is 4.04. The molecule has 0 radical (unpaired) electrons. The van der Waals surface area contributed by atoms with Crippen molar-refractivity contribution in [3.8, 4) is 10.8 Å². The lowest BCUT2D eigenvalue weighted by Gasteiger charge is -2.06. The molecule has 0 bridgehead atoms. The molecule has 6 heteroatoms. The molecule has 5 nitrogen and oxygen atoms in total. The lowest BCUT2D eigenvalue weighted by atomic mass is 10.1. The van der Waals surface area contributed by atoms with E-state index in [-0.39, 0.29) is 5.91 Å². The van der Waals surface area contributed by atoms with Crippen molar-refractivity contribution in [3.05, 3.63) is 17.3 Å². The van der Waals surface area contributed by atoms with Crippen molar-refractivity contribution >= 4 is 22.9 Å². The lowest BCUT2D eigenvalue weighted by Crippen LogP contribution is -2.13. The van der Waals surface area contributed by atoms with E-state index in [0.717, 1.165) is 29.2 Å². The van der Waals surface area contributed by atoms with Crippen molar-refractivity contribution in [1.29, 1.82) is 0 Å². The van der Waals surface area contributed by atoms with Gasteiger partial charge in [-0.2, -0.15) is 4.98 Å². The van der Waals surface area contributed by atoms with E-state index in [2.05, 4.69) is 15.5 Å². The molecule has 1 amide bonds. The van der Waals surface area contributed by atoms with Gasteiger partial charge in [0.25, 0.3) is 5.89 Å². The molecule has 0 spiro atoms. The van der Waals surface area contributed by atoms with E-state index in [4.69, 9.17) is 4.52 Å². The normalized spacial score (nSPS) is 14.8. The molecule has 1 aliphatic rings. The number of aromatic nitrogens is 2. The summed E-state index contributed by atoms with van der Waals surface area (Å²) in [6.07, 6.45) is 2.79. The molecule has 2 heterocycles. The van der Waals surface area contributed by atoms with Gasteiger partial charge in [0.2, 0.25) is 5.91 Å². The van der Waals surface area contributed by atoms with Gasteiger partial charge >= 0.3 is 0 Å². The number of nitrogens with zero attached hydrogens (tertiary/aromatic N) is 2. The smallest absolute Gasteiger partial charge is 0.270 e. The first kappa shape index (κ1) is 13.3. The van der Waals surface area contributed by atoms with Gasteiger partial charge < -0.3 is 9.84 Å². The summed E-state index contributed by atoms with van der Waals surface area (Å²) in [5, 5.41) is 8.85. The van der Waals surface area contributed by atoms with Crippen LogP contribution in [0.5, 0.6) is 0 Å². The van der Waals surface area contributed by atoms with Crippen molar-refractivity contribution in [2.45, 2.75) is 39.0 Å². The summed E-state index contributed by atoms with van der Waals surface area (Å²) in [6, 6.07) is 1.87. The van der Waals surface area contributed by atoms with E-state index in [1.807, 2.05) is 25.3 Å². The Balaban J connectivity index is 1.76. The van der Waals surface area contributed by atoms with Crippen molar-refractivity contribution in [2.75, 3.05) is 5.32 Å². The van der Waals surface area contributed by atoms with Crippen LogP contribution in [0.1, 0.15) is 44.9 Å². The van der Waals surface area contributed by atoms with Crippen LogP contribution in [-0.4, -0.2) is 16.0 Å². The number of anilines is 1. The predicted octanol–water partition coefficient (Wildman–Crippen LogP) is 3.66. The second kappa shape index (κ2) is 5.36. The third kappa shape index (κ3) is 2.90. The van der Waals surface area contributed by atoms with E-state index in [1.165, 1.54) is 11.3 Å². The van der Waals surface area contributed by atoms with Gasteiger partial charge in [0.15, 0.2) is 5.82 Å². The van der Waals surface area contributed by atoms with Gasteiger partial charge in [0.05, 0.1) is 5.69 Å². The Morgan fingerprint density at radius 3 is 3.05 bits per heavy atom. The molecule has 2 aromatic rings. The first-order valence-electron chi connectivity index (χ1n) is 6.85. The van der Waals surface area contributed by atoms with Crippen LogP contribution in [-0.2, 0) is 4.79 Å². The van der Waals surface area contributed by atoms with E-state index < -0.39 is 0 Å². The molecule has 1 fully saturated rings. The van der Waals surface area contributed by atoms with Crippen molar-refractivity contribution < 1.29 is 9.32 Å². The Bertz CT molecular complexity index is 613. The Morgan fingerprint density at radius 1 is 1.55 bits per heavy atom. The molecule has 0 saturated heterocycles. The maximum absolute atomic E-state index is 11.9. The van der Waals surface area contributed by atoms with Gasteiger partial charge in [0.1, 0.15) is 4.88 Å². The first-order valence-corrected chi connectivity index (χ1v) is 7.72. The van der Waals surface area contributed by atoms with Gasteiger partial charge in [-0.3, -0.25) is 4.79 Å². The number of amides is 1. The van der Waals surface area contributed by atoms with E-state index in [0.29, 0.717) is 24.1 Å². The maximum atomic E-state index is 11.9. The second-order valence-electron chi connectivity index (χ2n) is 5.54. The average molecular weight is 291 g/mol. The fourth-order valence-electron chi connectivity index (χ4n) is 1.98. The topological polar surface area (TPSA) is 68.0 Å². The highest BCUT2D eigenvalue weighted by Gasteiger charge is 2.29. The zero-order valence-electron chi connectivity index (χ0n) is 11.5. The first-order chi connectivity index (χ1) is 9.63. The van der Waals surface area contributed by atoms with Gasteiger partial charge in [-0.05, 0) is 30.2 Å². The molecule has 0 atom stereocenters. The largest absolute Gasteiger partial charge is 0.333 e. The van der Waals surface area contributed by atoms with Gasteiger partial charge in [-0.1, -0.05) is 19.0 Å². The standard InChI is InChI=1S/C14H17N3O2S/c1-8(2)7-11(18)15-10-5-6-20-12(10)14-16-13(17-19-14)9-3-4-9/h5-6,8-9H,3-4,7H2,1-2H3,(H,15,18). The zero-order chi connectivity index (χ0) is 14.1. The van der Waals surface area contributed by atoms with E-state index in [1.54, 1.807) is 0 Å². The SMILES string of the molecule is CC(C)CC(=O)Nc1ccsc1-c1nc(C2CC2)no1. The van der Waals surface area contributed by atoms with Crippen LogP contribution < -0.4 is 5.32 Å². The van der Waals surface area contributed by atoms with Crippen LogP contribution in [0.15, 0.2) is 16.0 Å². The Kier molecular flexibility index (Phi) is 3.56. The molecule has 1 N–H and O–H groups in total. The second-order valence-corrected chi connectivity index (χ2v) is 6.46. The molecule has 20 heavy (non-hydrogen) atoms. The van der Waals surface area contributed by atoms with E-state index in [9.17, 15) is 4.79 Å².